The van der Waals surface area contributed by atoms with Crippen LogP contribution in [0.5, 0.6) is 0 Å². The van der Waals surface area contributed by atoms with E-state index in [1.54, 1.807) is 0 Å². The van der Waals surface area contributed by atoms with Crippen LogP contribution in [0.3, 0.4) is 0 Å². The van der Waals surface area contributed by atoms with Crippen LogP contribution >= 0.6 is 19.3 Å². The molecule has 1 spiro atoms. The molecule has 0 amide bonds. The number of nitrogens with zero attached hydrogens (tertiary/aromatic N) is 1. The molecule has 0 fully saturated rings. The number of thiophene rings is 1. The van der Waals surface area contributed by atoms with E-state index >= 15 is 0 Å². The summed E-state index contributed by atoms with van der Waals surface area (Å²) in [6, 6.07) is 68.9. The number of hydrogen-bond acceptors (Lipinski definition) is 1. The summed E-state index contributed by atoms with van der Waals surface area (Å²) in [7, 11) is -0.857. The average molecular weight is 696 g/mol. The smallest absolute Gasteiger partial charge is 0.0755 e. The molecule has 4 heterocycles. The fourth-order valence-electron chi connectivity index (χ4n) is 9.57. The van der Waals surface area contributed by atoms with Crippen molar-refractivity contribution in [2.24, 2.45) is 0 Å². The van der Waals surface area contributed by atoms with E-state index in [9.17, 15) is 0 Å². The summed E-state index contributed by atoms with van der Waals surface area (Å²) >= 11 is 1.91. The maximum Gasteiger partial charge on any atom is 0.0755 e. The van der Waals surface area contributed by atoms with Crippen molar-refractivity contribution in [3.8, 4) is 16.8 Å². The van der Waals surface area contributed by atoms with Crippen molar-refractivity contribution in [1.29, 1.82) is 0 Å². The molecule has 2 atom stereocenters. The highest BCUT2D eigenvalue weighted by molar-refractivity contribution is 7.80. The van der Waals surface area contributed by atoms with Gasteiger partial charge >= 0.3 is 0 Å². The van der Waals surface area contributed by atoms with Crippen molar-refractivity contribution in [2.75, 3.05) is 0 Å². The Morgan fingerprint density at radius 2 is 1.13 bits per heavy atom. The molecule has 0 saturated heterocycles. The zero-order valence-electron chi connectivity index (χ0n) is 28.1. The van der Waals surface area contributed by atoms with Crippen LogP contribution in [0, 0.1) is 0 Å². The van der Waals surface area contributed by atoms with Gasteiger partial charge < -0.3 is 4.57 Å². The third-order valence-electron chi connectivity index (χ3n) is 11.6. The Bertz CT molecular complexity index is 3100. The van der Waals surface area contributed by atoms with Crippen LogP contribution in [-0.4, -0.2) is 4.57 Å². The molecule has 2 aliphatic rings. The van der Waals surface area contributed by atoms with Gasteiger partial charge in [-0.15, -0.1) is 11.3 Å². The standard InChI is InChI=1S/C49H30NPS/c1-2-14-32(15-3-1)51-44-26-10-7-22-39(44)49(38-21-6-9-25-43(38)50-42-24-8-4-16-34(42)36-19-13-23-41(49)47(36)50)40-29-28-31(30-45(40)51)33-18-12-20-37-35-17-5-11-27-46(35)52-48(33)37/h1-30H. The van der Waals surface area contributed by atoms with Crippen molar-refractivity contribution < 1.29 is 0 Å². The van der Waals surface area contributed by atoms with Crippen molar-refractivity contribution >= 4 is 77.2 Å². The molecule has 242 valence electrons. The minimum absolute atomic E-state index is 0.498. The Morgan fingerprint density at radius 1 is 0.462 bits per heavy atom. The molecule has 10 aromatic rings. The van der Waals surface area contributed by atoms with Crippen LogP contribution in [0.4, 0.5) is 0 Å². The summed E-state index contributed by atoms with van der Waals surface area (Å²) in [5, 5.41) is 9.54. The number of rotatable bonds is 2. The molecule has 1 nitrogen and oxygen atoms in total. The summed E-state index contributed by atoms with van der Waals surface area (Å²) in [5.74, 6) is 0. The van der Waals surface area contributed by atoms with Crippen LogP contribution in [0.15, 0.2) is 182 Å². The first kappa shape index (κ1) is 28.9. The van der Waals surface area contributed by atoms with Gasteiger partial charge in [0.2, 0.25) is 0 Å². The summed E-state index contributed by atoms with van der Waals surface area (Å²) in [6.07, 6.45) is 0. The lowest BCUT2D eigenvalue weighted by molar-refractivity contribution is 0.734. The zero-order chi connectivity index (χ0) is 34.0. The maximum absolute atomic E-state index is 2.57. The SMILES string of the molecule is c1ccc(P2c3ccccc3C3(c4ccccc4-n4c5ccccc5c5cccc3c54)c3ccc(-c4cccc5c4sc4ccccc45)cc32)cc1. The van der Waals surface area contributed by atoms with E-state index in [4.69, 9.17) is 0 Å². The second-order valence-corrected chi connectivity index (χ2v) is 17.2. The van der Waals surface area contributed by atoms with Gasteiger partial charge in [0.1, 0.15) is 0 Å². The lowest BCUT2D eigenvalue weighted by Gasteiger charge is -2.48. The van der Waals surface area contributed by atoms with E-state index in [-0.39, 0.29) is 0 Å². The largest absolute Gasteiger partial charge is 0.309 e. The van der Waals surface area contributed by atoms with Gasteiger partial charge in [-0.25, -0.2) is 0 Å². The number of para-hydroxylation sites is 3. The molecule has 0 radical (unpaired) electrons. The van der Waals surface area contributed by atoms with E-state index in [2.05, 4.69) is 187 Å². The lowest BCUT2D eigenvalue weighted by Crippen LogP contribution is -2.47. The van der Waals surface area contributed by atoms with Crippen LogP contribution in [0.25, 0.3) is 58.8 Å². The third kappa shape index (κ3) is 3.61. The number of hydrogen-bond donors (Lipinski definition) is 0. The molecule has 2 aromatic heterocycles. The molecule has 0 bridgehead atoms. The van der Waals surface area contributed by atoms with Gasteiger partial charge in [-0.1, -0.05) is 158 Å². The van der Waals surface area contributed by atoms with E-state index in [1.807, 2.05) is 11.3 Å². The molecule has 3 heteroatoms. The highest BCUT2D eigenvalue weighted by Crippen LogP contribution is 2.58. The number of fused-ring (bicyclic) bond motifs is 14. The first-order valence-corrected chi connectivity index (χ1v) is 20.1. The van der Waals surface area contributed by atoms with Crippen molar-refractivity contribution in [3.63, 3.8) is 0 Å². The number of benzene rings is 8. The van der Waals surface area contributed by atoms with Crippen LogP contribution < -0.4 is 15.9 Å². The van der Waals surface area contributed by atoms with E-state index < -0.39 is 13.3 Å². The monoisotopic (exact) mass is 695 g/mol. The van der Waals surface area contributed by atoms with E-state index in [0.29, 0.717) is 0 Å². The first-order chi connectivity index (χ1) is 25.8. The molecule has 0 N–H and O–H groups in total. The molecule has 2 aliphatic heterocycles. The Kier molecular flexibility index (Phi) is 5.89. The fourth-order valence-corrected chi connectivity index (χ4v) is 13.6. The molecular weight excluding hydrogens is 666 g/mol. The maximum atomic E-state index is 2.57. The van der Waals surface area contributed by atoms with Gasteiger partial charge in [-0.2, -0.15) is 0 Å². The number of aromatic nitrogens is 1. The summed E-state index contributed by atoms with van der Waals surface area (Å²) in [4.78, 5) is 0. The zero-order valence-corrected chi connectivity index (χ0v) is 29.8. The minimum Gasteiger partial charge on any atom is -0.309 e. The highest BCUT2D eigenvalue weighted by Gasteiger charge is 2.51. The second-order valence-electron chi connectivity index (χ2n) is 14.0. The fraction of sp³-hybridized carbons (Fsp3) is 0.0204. The van der Waals surface area contributed by atoms with E-state index in [0.717, 1.165) is 0 Å². The molecule has 0 aliphatic carbocycles. The van der Waals surface area contributed by atoms with Crippen molar-refractivity contribution in [2.45, 2.75) is 5.41 Å². The topological polar surface area (TPSA) is 4.93 Å². The predicted octanol–water partition coefficient (Wildman–Crippen LogP) is 11.6. The minimum atomic E-state index is -0.857. The van der Waals surface area contributed by atoms with Gasteiger partial charge in [0.05, 0.1) is 22.1 Å². The van der Waals surface area contributed by atoms with Crippen molar-refractivity contribution in [3.05, 3.63) is 204 Å². The Morgan fingerprint density at radius 3 is 2.06 bits per heavy atom. The average Bonchev–Trinajstić information content (AvgIpc) is 3.76. The molecular formula is C49H30NPS. The van der Waals surface area contributed by atoms with Crippen LogP contribution in [0.2, 0.25) is 0 Å². The van der Waals surface area contributed by atoms with Gasteiger partial charge in [0.15, 0.2) is 0 Å². The third-order valence-corrected chi connectivity index (χ3v) is 15.3. The van der Waals surface area contributed by atoms with Gasteiger partial charge in [0.25, 0.3) is 0 Å². The summed E-state index contributed by atoms with van der Waals surface area (Å²) in [6.45, 7) is 0. The van der Waals surface area contributed by atoms with Crippen molar-refractivity contribution in [1.82, 2.24) is 4.57 Å². The summed E-state index contributed by atoms with van der Waals surface area (Å²) in [5.41, 5.74) is 11.4. The molecule has 2 unspecified atom stereocenters. The van der Waals surface area contributed by atoms with E-state index in [1.165, 1.54) is 97.0 Å². The normalized spacial score (nSPS) is 17.1. The van der Waals surface area contributed by atoms with Gasteiger partial charge in [-0.05, 0) is 81.5 Å². The molecule has 52 heavy (non-hydrogen) atoms. The molecule has 8 aromatic carbocycles. The van der Waals surface area contributed by atoms with Crippen LogP contribution in [-0.2, 0) is 5.41 Å². The second kappa shape index (κ2) is 10.6. The quantitative estimate of drug-likeness (QED) is 0.159. The predicted molar refractivity (Wildman–Crippen MR) is 223 cm³/mol. The Hall–Kier alpha value is -5.79. The Balaban J connectivity index is 1.24. The Labute approximate surface area is 306 Å². The lowest BCUT2D eigenvalue weighted by atomic mass is 9.62. The summed E-state index contributed by atoms with van der Waals surface area (Å²) < 4.78 is 5.23. The van der Waals surface area contributed by atoms with Gasteiger partial charge in [-0.3, -0.25) is 0 Å². The molecule has 12 rings (SSSR count). The highest BCUT2D eigenvalue weighted by atomic mass is 32.1. The van der Waals surface area contributed by atoms with Crippen LogP contribution in [0.1, 0.15) is 22.3 Å². The first-order valence-electron chi connectivity index (χ1n) is 17.9. The molecule has 0 saturated carbocycles. The van der Waals surface area contributed by atoms with Gasteiger partial charge in [0, 0.05) is 30.9 Å².